The molecule has 2 aromatic rings. The highest BCUT2D eigenvalue weighted by molar-refractivity contribution is 6.01. The highest BCUT2D eigenvalue weighted by Gasteiger charge is 2.26. The van der Waals surface area contributed by atoms with Crippen molar-refractivity contribution in [2.45, 2.75) is 19.4 Å². The minimum absolute atomic E-state index is 0.146. The Balaban J connectivity index is 1.95. The van der Waals surface area contributed by atoms with Crippen LogP contribution in [0.4, 0.5) is 5.69 Å². The molecule has 0 aliphatic carbocycles. The third-order valence-corrected chi connectivity index (χ3v) is 3.87. The summed E-state index contributed by atoms with van der Waals surface area (Å²) in [6.45, 7) is 2.71. The predicted molar refractivity (Wildman–Crippen MR) is 80.6 cm³/mol. The van der Waals surface area contributed by atoms with Crippen molar-refractivity contribution in [1.82, 2.24) is 0 Å². The van der Waals surface area contributed by atoms with Crippen molar-refractivity contribution in [2.24, 2.45) is 5.73 Å². The number of anilines is 1. The van der Waals surface area contributed by atoms with Gasteiger partial charge in [0.25, 0.3) is 0 Å². The van der Waals surface area contributed by atoms with Crippen LogP contribution in [0.5, 0.6) is 0 Å². The lowest BCUT2D eigenvalue weighted by Crippen LogP contribution is -2.25. The molecule has 0 saturated carbocycles. The lowest BCUT2D eigenvalue weighted by Gasteiger charge is -2.17. The molecule has 3 rings (SSSR count). The SMILES string of the molecule is CCN1C(=O)Cc2cc(C(N)c3ccccc3)ccc21. The maximum atomic E-state index is 11.9. The normalized spacial score (nSPS) is 15.3. The van der Waals surface area contributed by atoms with Gasteiger partial charge in [-0.1, -0.05) is 42.5 Å². The van der Waals surface area contributed by atoms with Crippen LogP contribution in [0.2, 0.25) is 0 Å². The number of rotatable bonds is 3. The molecule has 3 nitrogen and oxygen atoms in total. The summed E-state index contributed by atoms with van der Waals surface area (Å²) in [6, 6.07) is 16.0. The van der Waals surface area contributed by atoms with Gasteiger partial charge in [0.1, 0.15) is 0 Å². The molecule has 102 valence electrons. The van der Waals surface area contributed by atoms with Gasteiger partial charge in [-0.25, -0.2) is 0 Å². The number of fused-ring (bicyclic) bond motifs is 1. The van der Waals surface area contributed by atoms with Crippen molar-refractivity contribution in [3.8, 4) is 0 Å². The van der Waals surface area contributed by atoms with Gasteiger partial charge < -0.3 is 10.6 Å². The molecule has 2 aromatic carbocycles. The summed E-state index contributed by atoms with van der Waals surface area (Å²) in [6.07, 6.45) is 0.485. The van der Waals surface area contributed by atoms with Crippen LogP contribution in [0, 0.1) is 0 Å². The first kappa shape index (κ1) is 12.9. The van der Waals surface area contributed by atoms with Crippen LogP contribution < -0.4 is 10.6 Å². The molecule has 20 heavy (non-hydrogen) atoms. The number of nitrogens with two attached hydrogens (primary N) is 1. The lowest BCUT2D eigenvalue weighted by atomic mass is 9.97. The molecule has 3 heteroatoms. The summed E-state index contributed by atoms with van der Waals surface area (Å²) in [4.78, 5) is 13.7. The van der Waals surface area contributed by atoms with E-state index in [-0.39, 0.29) is 11.9 Å². The second-order valence-electron chi connectivity index (χ2n) is 5.09. The predicted octanol–water partition coefficient (Wildman–Crippen LogP) is 2.64. The van der Waals surface area contributed by atoms with Gasteiger partial charge in [0, 0.05) is 12.2 Å². The van der Waals surface area contributed by atoms with E-state index < -0.39 is 0 Å². The molecule has 1 unspecified atom stereocenters. The minimum Gasteiger partial charge on any atom is -0.320 e. The maximum absolute atomic E-state index is 11.9. The molecule has 1 atom stereocenters. The van der Waals surface area contributed by atoms with Gasteiger partial charge in [-0.15, -0.1) is 0 Å². The van der Waals surface area contributed by atoms with Crippen LogP contribution in [0.3, 0.4) is 0 Å². The molecule has 1 heterocycles. The van der Waals surface area contributed by atoms with Crippen molar-refractivity contribution >= 4 is 11.6 Å². The van der Waals surface area contributed by atoms with Crippen LogP contribution in [-0.4, -0.2) is 12.5 Å². The molecule has 0 aromatic heterocycles. The van der Waals surface area contributed by atoms with Crippen molar-refractivity contribution in [3.05, 3.63) is 65.2 Å². The molecule has 0 saturated heterocycles. The first-order chi connectivity index (χ1) is 9.70. The molecule has 0 fully saturated rings. The molecule has 0 spiro atoms. The van der Waals surface area contributed by atoms with Crippen LogP contribution in [0.1, 0.15) is 29.7 Å². The lowest BCUT2D eigenvalue weighted by molar-refractivity contribution is -0.117. The van der Waals surface area contributed by atoms with Gasteiger partial charge in [-0.2, -0.15) is 0 Å². The molecule has 1 aliphatic rings. The average molecular weight is 266 g/mol. The fourth-order valence-corrected chi connectivity index (χ4v) is 2.80. The Morgan fingerprint density at radius 1 is 1.15 bits per heavy atom. The van der Waals surface area contributed by atoms with E-state index in [0.29, 0.717) is 6.42 Å². The van der Waals surface area contributed by atoms with Gasteiger partial charge in [-0.3, -0.25) is 4.79 Å². The van der Waals surface area contributed by atoms with Gasteiger partial charge in [0.2, 0.25) is 5.91 Å². The highest BCUT2D eigenvalue weighted by atomic mass is 16.2. The first-order valence-corrected chi connectivity index (χ1v) is 6.94. The van der Waals surface area contributed by atoms with Crippen LogP contribution in [0.25, 0.3) is 0 Å². The van der Waals surface area contributed by atoms with Crippen LogP contribution in [0.15, 0.2) is 48.5 Å². The Bertz CT molecular complexity index is 637. The standard InChI is InChI=1S/C17H18N2O/c1-2-19-15-9-8-13(10-14(15)11-16(19)20)17(18)12-6-4-3-5-7-12/h3-10,17H,2,11,18H2,1H3. The van der Waals surface area contributed by atoms with Crippen molar-refractivity contribution in [2.75, 3.05) is 11.4 Å². The molecule has 0 radical (unpaired) electrons. The zero-order valence-corrected chi connectivity index (χ0v) is 11.5. The summed E-state index contributed by atoms with van der Waals surface area (Å²) >= 11 is 0. The van der Waals surface area contributed by atoms with E-state index in [0.717, 1.165) is 28.9 Å². The fourth-order valence-electron chi connectivity index (χ4n) is 2.80. The summed E-state index contributed by atoms with van der Waals surface area (Å²) in [7, 11) is 0. The number of carbonyl (C=O) groups excluding carboxylic acids is 1. The summed E-state index contributed by atoms with van der Waals surface area (Å²) in [5, 5.41) is 0. The van der Waals surface area contributed by atoms with Gasteiger partial charge in [-0.05, 0) is 29.7 Å². The second kappa shape index (κ2) is 5.10. The van der Waals surface area contributed by atoms with E-state index in [4.69, 9.17) is 5.73 Å². The Hall–Kier alpha value is -2.13. The second-order valence-corrected chi connectivity index (χ2v) is 5.09. The molecule has 2 N–H and O–H groups in total. The zero-order chi connectivity index (χ0) is 14.1. The summed E-state index contributed by atoms with van der Waals surface area (Å²) < 4.78 is 0. The van der Waals surface area contributed by atoms with E-state index in [9.17, 15) is 4.79 Å². The zero-order valence-electron chi connectivity index (χ0n) is 11.5. The van der Waals surface area contributed by atoms with Crippen LogP contribution in [-0.2, 0) is 11.2 Å². The number of carbonyl (C=O) groups is 1. The van der Waals surface area contributed by atoms with Gasteiger partial charge in [0.15, 0.2) is 0 Å². The van der Waals surface area contributed by atoms with Gasteiger partial charge in [0.05, 0.1) is 12.5 Å². The van der Waals surface area contributed by atoms with E-state index in [1.54, 1.807) is 0 Å². The molecular formula is C17H18N2O. The monoisotopic (exact) mass is 266 g/mol. The summed E-state index contributed by atoms with van der Waals surface area (Å²) in [5.74, 6) is 0.174. The quantitative estimate of drug-likeness (QED) is 0.928. The smallest absolute Gasteiger partial charge is 0.231 e. The largest absolute Gasteiger partial charge is 0.320 e. The molecule has 1 aliphatic heterocycles. The Morgan fingerprint density at radius 3 is 2.60 bits per heavy atom. The minimum atomic E-state index is -0.146. The number of hydrogen-bond acceptors (Lipinski definition) is 2. The first-order valence-electron chi connectivity index (χ1n) is 6.94. The molecule has 1 amide bonds. The van der Waals surface area contributed by atoms with E-state index in [1.807, 2.05) is 54.3 Å². The van der Waals surface area contributed by atoms with E-state index in [2.05, 4.69) is 6.07 Å². The van der Waals surface area contributed by atoms with Crippen molar-refractivity contribution < 1.29 is 4.79 Å². The Labute approximate surface area is 119 Å². The Morgan fingerprint density at radius 2 is 1.90 bits per heavy atom. The maximum Gasteiger partial charge on any atom is 0.231 e. The third kappa shape index (κ3) is 2.10. The highest BCUT2D eigenvalue weighted by Crippen LogP contribution is 2.31. The topological polar surface area (TPSA) is 46.3 Å². The van der Waals surface area contributed by atoms with Crippen molar-refractivity contribution in [3.63, 3.8) is 0 Å². The molecular weight excluding hydrogens is 248 g/mol. The fraction of sp³-hybridized carbons (Fsp3) is 0.235. The van der Waals surface area contributed by atoms with Gasteiger partial charge >= 0.3 is 0 Å². The molecule has 0 bridgehead atoms. The third-order valence-electron chi connectivity index (χ3n) is 3.87. The summed E-state index contributed by atoms with van der Waals surface area (Å²) in [5.41, 5.74) is 10.6. The number of benzene rings is 2. The number of nitrogens with zero attached hydrogens (tertiary/aromatic N) is 1. The average Bonchev–Trinajstić information content (AvgIpc) is 2.81. The van der Waals surface area contributed by atoms with E-state index in [1.165, 1.54) is 0 Å². The number of hydrogen-bond donors (Lipinski definition) is 1. The van der Waals surface area contributed by atoms with Crippen LogP contribution >= 0.6 is 0 Å². The number of likely N-dealkylation sites (N-methyl/N-ethyl adjacent to an activating group) is 1. The van der Waals surface area contributed by atoms with E-state index >= 15 is 0 Å². The van der Waals surface area contributed by atoms with Crippen molar-refractivity contribution in [1.29, 1.82) is 0 Å². The Kier molecular flexibility index (Phi) is 3.28. The number of amides is 1.